The van der Waals surface area contributed by atoms with Gasteiger partial charge in [-0.05, 0) is 30.7 Å². The summed E-state index contributed by atoms with van der Waals surface area (Å²) in [4.78, 5) is 1.77. The minimum Gasteiger partial charge on any atom is -0.311 e. The Morgan fingerprint density at radius 2 is 1.76 bits per heavy atom. The third-order valence-electron chi connectivity index (χ3n) is 4.01. The number of benzene rings is 2. The fourth-order valence-corrected chi connectivity index (χ4v) is 2.78. The highest BCUT2D eigenvalue weighted by molar-refractivity contribution is 6.30. The zero-order valence-corrected chi connectivity index (χ0v) is 15.2. The number of hydrogen-bond donors (Lipinski definition) is 1. The quantitative estimate of drug-likeness (QED) is 0.604. The van der Waals surface area contributed by atoms with Crippen LogP contribution in [0.5, 0.6) is 0 Å². The molecule has 0 atom stereocenters. The third kappa shape index (κ3) is 4.91. The van der Waals surface area contributed by atoms with Gasteiger partial charge in [-0.25, -0.2) is 0 Å². The van der Waals surface area contributed by atoms with E-state index in [1.165, 1.54) is 12.8 Å². The van der Waals surface area contributed by atoms with E-state index < -0.39 is 0 Å². The monoisotopic (exact) mass is 354 g/mol. The summed E-state index contributed by atoms with van der Waals surface area (Å²) in [6.45, 7) is 4.55. The third-order valence-corrected chi connectivity index (χ3v) is 4.26. The molecule has 0 fully saturated rings. The lowest BCUT2D eigenvalue weighted by Gasteiger charge is -2.03. The molecule has 0 saturated heterocycles. The van der Waals surface area contributed by atoms with Gasteiger partial charge in [-0.2, -0.15) is 15.0 Å². The molecule has 2 aromatic carbocycles. The molecule has 0 saturated carbocycles. The molecular formula is C20H23ClN4. The van der Waals surface area contributed by atoms with Gasteiger partial charge in [0.15, 0.2) is 0 Å². The summed E-state index contributed by atoms with van der Waals surface area (Å²) in [5.74, 6) is 0. The highest BCUT2D eigenvalue weighted by Crippen LogP contribution is 2.20. The summed E-state index contributed by atoms with van der Waals surface area (Å²) in [6.07, 6.45) is 2.35. The van der Waals surface area contributed by atoms with Crippen molar-refractivity contribution in [3.8, 4) is 11.3 Å². The lowest BCUT2D eigenvalue weighted by Crippen LogP contribution is -2.15. The molecule has 0 radical (unpaired) electrons. The summed E-state index contributed by atoms with van der Waals surface area (Å²) in [5.41, 5.74) is 4.15. The van der Waals surface area contributed by atoms with Crippen LogP contribution < -0.4 is 5.32 Å². The zero-order valence-electron chi connectivity index (χ0n) is 14.5. The SMILES string of the molecule is CCCCNCc1nn(Cc2ccc(Cl)cc2)nc1-c1ccccc1. The standard InChI is InChI=1S/C20H23ClN4/c1-2-3-13-22-14-19-20(17-7-5-4-6-8-17)24-25(23-19)15-16-9-11-18(21)12-10-16/h4-12,22H,2-3,13-15H2,1H3. The molecule has 25 heavy (non-hydrogen) atoms. The highest BCUT2D eigenvalue weighted by Gasteiger charge is 2.13. The number of halogens is 1. The first-order valence-corrected chi connectivity index (χ1v) is 9.08. The van der Waals surface area contributed by atoms with Gasteiger partial charge in [0.25, 0.3) is 0 Å². The van der Waals surface area contributed by atoms with Crippen molar-refractivity contribution in [2.75, 3.05) is 6.54 Å². The van der Waals surface area contributed by atoms with E-state index in [0.29, 0.717) is 6.54 Å². The Balaban J connectivity index is 1.81. The lowest BCUT2D eigenvalue weighted by atomic mass is 10.1. The first kappa shape index (κ1) is 17.6. The smallest absolute Gasteiger partial charge is 0.117 e. The zero-order chi connectivity index (χ0) is 17.5. The van der Waals surface area contributed by atoms with E-state index in [1.807, 2.05) is 42.5 Å². The van der Waals surface area contributed by atoms with Gasteiger partial charge < -0.3 is 5.32 Å². The summed E-state index contributed by atoms with van der Waals surface area (Å²) < 4.78 is 0. The van der Waals surface area contributed by atoms with E-state index in [2.05, 4.69) is 24.4 Å². The van der Waals surface area contributed by atoms with Gasteiger partial charge in [-0.1, -0.05) is 67.4 Å². The van der Waals surface area contributed by atoms with Crippen molar-refractivity contribution >= 4 is 11.6 Å². The highest BCUT2D eigenvalue weighted by atomic mass is 35.5. The van der Waals surface area contributed by atoms with E-state index in [9.17, 15) is 0 Å². The second-order valence-corrected chi connectivity index (χ2v) is 6.48. The Morgan fingerprint density at radius 1 is 1.00 bits per heavy atom. The largest absolute Gasteiger partial charge is 0.311 e. The molecule has 0 aliphatic carbocycles. The van der Waals surface area contributed by atoms with E-state index in [4.69, 9.17) is 21.8 Å². The van der Waals surface area contributed by atoms with Gasteiger partial charge in [-0.15, -0.1) is 0 Å². The predicted octanol–water partition coefficient (Wildman–Crippen LogP) is 4.54. The predicted molar refractivity (Wildman–Crippen MR) is 103 cm³/mol. The maximum atomic E-state index is 5.96. The van der Waals surface area contributed by atoms with Crippen LogP contribution in [0.4, 0.5) is 0 Å². The maximum absolute atomic E-state index is 5.96. The van der Waals surface area contributed by atoms with Gasteiger partial charge in [0.2, 0.25) is 0 Å². The summed E-state index contributed by atoms with van der Waals surface area (Å²) in [5, 5.41) is 13.6. The van der Waals surface area contributed by atoms with Crippen molar-refractivity contribution in [3.05, 3.63) is 70.9 Å². The van der Waals surface area contributed by atoms with Crippen molar-refractivity contribution in [1.82, 2.24) is 20.3 Å². The Bertz CT molecular complexity index is 781. The Morgan fingerprint density at radius 3 is 2.48 bits per heavy atom. The second kappa shape index (κ2) is 8.79. The Kier molecular flexibility index (Phi) is 6.20. The molecule has 130 valence electrons. The average Bonchev–Trinajstić information content (AvgIpc) is 3.04. The van der Waals surface area contributed by atoms with Crippen molar-refractivity contribution in [2.24, 2.45) is 0 Å². The van der Waals surface area contributed by atoms with Crippen LogP contribution in [-0.2, 0) is 13.1 Å². The van der Waals surface area contributed by atoms with Crippen molar-refractivity contribution in [3.63, 3.8) is 0 Å². The van der Waals surface area contributed by atoms with Crippen LogP contribution in [0.3, 0.4) is 0 Å². The van der Waals surface area contributed by atoms with Gasteiger partial charge >= 0.3 is 0 Å². The summed E-state index contributed by atoms with van der Waals surface area (Å²) in [6, 6.07) is 18.0. The molecule has 3 aromatic rings. The van der Waals surface area contributed by atoms with Crippen molar-refractivity contribution < 1.29 is 0 Å². The normalized spacial score (nSPS) is 11.0. The molecule has 0 amide bonds. The fourth-order valence-electron chi connectivity index (χ4n) is 2.65. The molecule has 0 bridgehead atoms. The lowest BCUT2D eigenvalue weighted by molar-refractivity contribution is 0.573. The summed E-state index contributed by atoms with van der Waals surface area (Å²) >= 11 is 5.96. The molecule has 0 aliphatic heterocycles. The number of rotatable bonds is 8. The van der Waals surface area contributed by atoms with Gasteiger partial charge in [-0.3, -0.25) is 0 Å². The average molecular weight is 355 g/mol. The van der Waals surface area contributed by atoms with Crippen LogP contribution in [0.15, 0.2) is 54.6 Å². The van der Waals surface area contributed by atoms with Gasteiger partial charge in [0.1, 0.15) is 11.4 Å². The molecule has 1 aromatic heterocycles. The van der Waals surface area contributed by atoms with Crippen LogP contribution in [0.1, 0.15) is 31.0 Å². The Hall–Kier alpha value is -2.17. The van der Waals surface area contributed by atoms with Crippen molar-refractivity contribution in [1.29, 1.82) is 0 Å². The van der Waals surface area contributed by atoms with Crippen LogP contribution in [-0.4, -0.2) is 21.5 Å². The number of hydrogen-bond acceptors (Lipinski definition) is 3. The van der Waals surface area contributed by atoms with Crippen LogP contribution in [0, 0.1) is 0 Å². The van der Waals surface area contributed by atoms with Gasteiger partial charge in [0.05, 0.1) is 6.54 Å². The summed E-state index contributed by atoms with van der Waals surface area (Å²) in [7, 11) is 0. The Labute approximate surface area is 153 Å². The van der Waals surface area contributed by atoms with E-state index >= 15 is 0 Å². The minimum absolute atomic E-state index is 0.631. The second-order valence-electron chi connectivity index (χ2n) is 6.05. The van der Waals surface area contributed by atoms with Crippen LogP contribution in [0.25, 0.3) is 11.3 Å². The molecule has 4 nitrogen and oxygen atoms in total. The van der Waals surface area contributed by atoms with Crippen molar-refractivity contribution in [2.45, 2.75) is 32.9 Å². The van der Waals surface area contributed by atoms with E-state index in [1.54, 1.807) is 4.80 Å². The molecule has 0 aliphatic rings. The molecular weight excluding hydrogens is 332 g/mol. The molecule has 3 rings (SSSR count). The molecule has 5 heteroatoms. The van der Waals surface area contributed by atoms with E-state index in [0.717, 1.165) is 40.6 Å². The topological polar surface area (TPSA) is 42.7 Å². The van der Waals surface area contributed by atoms with Crippen LogP contribution >= 0.6 is 11.6 Å². The molecule has 1 heterocycles. The van der Waals surface area contributed by atoms with Gasteiger partial charge in [0, 0.05) is 17.1 Å². The molecule has 0 spiro atoms. The first-order valence-electron chi connectivity index (χ1n) is 8.71. The number of unbranched alkanes of at least 4 members (excludes halogenated alkanes) is 1. The van der Waals surface area contributed by atoms with Crippen LogP contribution in [0.2, 0.25) is 5.02 Å². The maximum Gasteiger partial charge on any atom is 0.117 e. The first-order chi connectivity index (χ1) is 12.3. The number of nitrogens with zero attached hydrogens (tertiary/aromatic N) is 3. The number of aromatic nitrogens is 3. The molecule has 1 N–H and O–H groups in total. The van der Waals surface area contributed by atoms with E-state index in [-0.39, 0.29) is 0 Å². The molecule has 0 unspecified atom stereocenters. The number of nitrogens with one attached hydrogen (secondary N) is 1. The fraction of sp³-hybridized carbons (Fsp3) is 0.300. The minimum atomic E-state index is 0.631.